The van der Waals surface area contributed by atoms with E-state index in [9.17, 15) is 9.59 Å². The number of carbonyl (C=O) groups excluding carboxylic acids is 2. The van der Waals surface area contributed by atoms with Crippen molar-refractivity contribution >= 4 is 17.7 Å². The average Bonchev–Trinajstić information content (AvgIpc) is 2.82. The van der Waals surface area contributed by atoms with Gasteiger partial charge in [-0.15, -0.1) is 0 Å². The summed E-state index contributed by atoms with van der Waals surface area (Å²) >= 11 is 0. The lowest BCUT2D eigenvalue weighted by molar-refractivity contribution is -0.118. The van der Waals surface area contributed by atoms with Crippen LogP contribution in [0.5, 0.6) is 17.2 Å². The maximum absolute atomic E-state index is 12.3. The van der Waals surface area contributed by atoms with Gasteiger partial charge in [-0.1, -0.05) is 19.1 Å². The summed E-state index contributed by atoms with van der Waals surface area (Å²) in [4.78, 5) is 24.4. The van der Waals surface area contributed by atoms with Crippen molar-refractivity contribution in [1.29, 1.82) is 5.26 Å². The van der Waals surface area contributed by atoms with Crippen LogP contribution in [0, 0.1) is 11.3 Å². The highest BCUT2D eigenvalue weighted by atomic mass is 16.6. The number of anilines is 1. The molecule has 2 aromatic carbocycles. The van der Waals surface area contributed by atoms with Crippen LogP contribution >= 0.6 is 0 Å². The monoisotopic (exact) mass is 455 g/mol. The van der Waals surface area contributed by atoms with Gasteiger partial charge < -0.3 is 29.6 Å². The van der Waals surface area contributed by atoms with E-state index in [1.165, 1.54) is 14.2 Å². The molecule has 0 aliphatic carbocycles. The number of methoxy groups -OCH3 is 2. The van der Waals surface area contributed by atoms with Crippen molar-refractivity contribution in [2.45, 2.75) is 38.8 Å². The Balaban J connectivity index is 1.91. The molecule has 0 saturated heterocycles. The third-order valence-corrected chi connectivity index (χ3v) is 4.78. The summed E-state index contributed by atoms with van der Waals surface area (Å²) in [7, 11) is 3.06. The first-order valence-electron chi connectivity index (χ1n) is 10.5. The smallest absolute Gasteiger partial charge is 0.407 e. The summed E-state index contributed by atoms with van der Waals surface area (Å²) in [5.74, 6) is 1.19. The van der Waals surface area contributed by atoms with Crippen molar-refractivity contribution in [1.82, 2.24) is 5.32 Å². The molecule has 33 heavy (non-hydrogen) atoms. The number of ether oxygens (including phenoxy) is 4. The normalized spacial score (nSPS) is 12.0. The first-order valence-corrected chi connectivity index (χ1v) is 10.5. The minimum absolute atomic E-state index is 0.144. The van der Waals surface area contributed by atoms with Crippen LogP contribution in [0.15, 0.2) is 42.5 Å². The standard InChI is InChI=1S/C24H29N3O6/c1-5-19(11-12-25)33-24(29)26-16(2)17-7-6-8-18(13-17)27-23(28)15-32-20-9-10-21(30-3)22(14-20)31-4/h6-10,13-14,16,19H,5,11,15H2,1-4H3,(H,26,29)(H,27,28)/t16-,19?/m0/s1. The predicted octanol–water partition coefficient (Wildman–Crippen LogP) is 4.20. The Kier molecular flexibility index (Phi) is 9.83. The van der Waals surface area contributed by atoms with Crippen molar-refractivity contribution in [2.75, 3.05) is 26.1 Å². The van der Waals surface area contributed by atoms with Crippen LogP contribution in [-0.4, -0.2) is 38.9 Å². The summed E-state index contributed by atoms with van der Waals surface area (Å²) < 4.78 is 21.2. The molecule has 0 aliphatic heterocycles. The molecule has 2 rings (SSSR count). The first kappa shape index (κ1) is 25.3. The fraction of sp³-hybridized carbons (Fsp3) is 0.375. The zero-order valence-electron chi connectivity index (χ0n) is 19.2. The van der Waals surface area contributed by atoms with Crippen molar-refractivity contribution < 1.29 is 28.5 Å². The van der Waals surface area contributed by atoms with Crippen LogP contribution in [0.4, 0.5) is 10.5 Å². The molecule has 0 aromatic heterocycles. The number of benzene rings is 2. The molecule has 2 amide bonds. The molecule has 2 atom stereocenters. The second kappa shape index (κ2) is 12.8. The van der Waals surface area contributed by atoms with Crippen molar-refractivity contribution in [3.8, 4) is 23.3 Å². The lowest BCUT2D eigenvalue weighted by Gasteiger charge is -2.18. The maximum atomic E-state index is 12.3. The lowest BCUT2D eigenvalue weighted by Crippen LogP contribution is -2.31. The van der Waals surface area contributed by atoms with E-state index >= 15 is 0 Å². The zero-order valence-corrected chi connectivity index (χ0v) is 19.2. The number of nitrogens with one attached hydrogen (secondary N) is 2. The lowest BCUT2D eigenvalue weighted by atomic mass is 10.1. The highest BCUT2D eigenvalue weighted by Crippen LogP contribution is 2.30. The summed E-state index contributed by atoms with van der Waals surface area (Å²) in [5, 5.41) is 14.3. The highest BCUT2D eigenvalue weighted by molar-refractivity contribution is 5.92. The highest BCUT2D eigenvalue weighted by Gasteiger charge is 2.16. The van der Waals surface area contributed by atoms with Crippen LogP contribution in [0.25, 0.3) is 0 Å². The van der Waals surface area contributed by atoms with Gasteiger partial charge in [-0.05, 0) is 43.2 Å². The number of carbonyl (C=O) groups is 2. The van der Waals surface area contributed by atoms with Gasteiger partial charge in [-0.3, -0.25) is 4.79 Å². The zero-order chi connectivity index (χ0) is 24.2. The van der Waals surface area contributed by atoms with E-state index in [0.29, 0.717) is 29.4 Å². The summed E-state index contributed by atoms with van der Waals surface area (Å²) in [6.07, 6.45) is -0.339. The number of rotatable bonds is 11. The van der Waals surface area contributed by atoms with E-state index < -0.39 is 12.2 Å². The fourth-order valence-electron chi connectivity index (χ4n) is 2.95. The molecule has 0 radical (unpaired) electrons. The molecular formula is C24H29N3O6. The number of alkyl carbamates (subject to hydrolysis) is 1. The van der Waals surface area contributed by atoms with Crippen LogP contribution < -0.4 is 24.8 Å². The summed E-state index contributed by atoms with van der Waals surface area (Å²) in [6.45, 7) is 3.45. The average molecular weight is 456 g/mol. The van der Waals surface area contributed by atoms with Gasteiger partial charge in [0.1, 0.15) is 11.9 Å². The maximum Gasteiger partial charge on any atom is 0.407 e. The van der Waals surface area contributed by atoms with Gasteiger partial charge in [0.05, 0.1) is 32.8 Å². The van der Waals surface area contributed by atoms with Gasteiger partial charge >= 0.3 is 6.09 Å². The van der Waals surface area contributed by atoms with Crippen LogP contribution in [-0.2, 0) is 9.53 Å². The van der Waals surface area contributed by atoms with Crippen LogP contribution in [0.1, 0.15) is 38.3 Å². The van der Waals surface area contributed by atoms with E-state index in [1.807, 2.05) is 19.1 Å². The molecule has 1 unspecified atom stereocenters. The SMILES string of the molecule is CCC(CC#N)OC(=O)N[C@@H](C)c1cccc(NC(=O)COc2ccc(OC)c(OC)c2)c1. The molecule has 2 aromatic rings. The summed E-state index contributed by atoms with van der Waals surface area (Å²) in [6, 6.07) is 13.7. The number of amides is 2. The van der Waals surface area contributed by atoms with Crippen molar-refractivity contribution in [3.63, 3.8) is 0 Å². The fourth-order valence-corrected chi connectivity index (χ4v) is 2.95. The molecule has 0 spiro atoms. The first-order chi connectivity index (χ1) is 15.9. The Hall–Kier alpha value is -3.93. The topological polar surface area (TPSA) is 119 Å². The summed E-state index contributed by atoms with van der Waals surface area (Å²) in [5.41, 5.74) is 1.34. The van der Waals surface area contributed by atoms with E-state index in [-0.39, 0.29) is 25.0 Å². The van der Waals surface area contributed by atoms with E-state index in [0.717, 1.165) is 5.56 Å². The molecule has 9 nitrogen and oxygen atoms in total. The molecule has 0 saturated carbocycles. The molecule has 2 N–H and O–H groups in total. The Morgan fingerprint density at radius 3 is 2.52 bits per heavy atom. The van der Waals surface area contributed by atoms with Gasteiger partial charge in [-0.2, -0.15) is 5.26 Å². The van der Waals surface area contributed by atoms with Gasteiger partial charge in [-0.25, -0.2) is 4.79 Å². The number of nitrogens with zero attached hydrogens (tertiary/aromatic N) is 1. The molecule has 0 heterocycles. The Morgan fingerprint density at radius 1 is 1.09 bits per heavy atom. The molecular weight excluding hydrogens is 426 g/mol. The molecule has 176 valence electrons. The third kappa shape index (κ3) is 7.92. The van der Waals surface area contributed by atoms with E-state index in [2.05, 4.69) is 10.6 Å². The number of hydrogen-bond acceptors (Lipinski definition) is 7. The predicted molar refractivity (Wildman–Crippen MR) is 122 cm³/mol. The van der Waals surface area contributed by atoms with E-state index in [1.54, 1.807) is 43.3 Å². The molecule has 0 aliphatic rings. The van der Waals surface area contributed by atoms with Crippen LogP contribution in [0.3, 0.4) is 0 Å². The number of hydrogen-bond donors (Lipinski definition) is 2. The van der Waals surface area contributed by atoms with Crippen molar-refractivity contribution in [2.24, 2.45) is 0 Å². The van der Waals surface area contributed by atoms with E-state index in [4.69, 9.17) is 24.2 Å². The number of nitriles is 1. The van der Waals surface area contributed by atoms with Crippen LogP contribution in [0.2, 0.25) is 0 Å². The van der Waals surface area contributed by atoms with Gasteiger partial charge in [0.2, 0.25) is 0 Å². The second-order valence-electron chi connectivity index (χ2n) is 7.14. The Labute approximate surface area is 193 Å². The molecule has 0 fully saturated rings. The quantitative estimate of drug-likeness (QED) is 0.521. The third-order valence-electron chi connectivity index (χ3n) is 4.78. The molecule has 0 bridgehead atoms. The Bertz CT molecular complexity index is 988. The minimum Gasteiger partial charge on any atom is -0.493 e. The van der Waals surface area contributed by atoms with Gasteiger partial charge in [0.25, 0.3) is 5.91 Å². The van der Waals surface area contributed by atoms with Gasteiger partial charge in [0, 0.05) is 11.8 Å². The van der Waals surface area contributed by atoms with Gasteiger partial charge in [0.15, 0.2) is 18.1 Å². The largest absolute Gasteiger partial charge is 0.493 e. The van der Waals surface area contributed by atoms with Crippen molar-refractivity contribution in [3.05, 3.63) is 48.0 Å². The second-order valence-corrected chi connectivity index (χ2v) is 7.14. The molecule has 9 heteroatoms. The Morgan fingerprint density at radius 2 is 1.85 bits per heavy atom. The minimum atomic E-state index is -0.595.